The van der Waals surface area contributed by atoms with Gasteiger partial charge in [-0.15, -0.1) is 11.3 Å². The number of rotatable bonds is 4. The summed E-state index contributed by atoms with van der Waals surface area (Å²) in [6.07, 6.45) is 0. The number of anilines is 2. The second-order valence-electron chi connectivity index (χ2n) is 5.91. The van der Waals surface area contributed by atoms with Crippen molar-refractivity contribution in [2.24, 2.45) is 0 Å². The monoisotopic (exact) mass is 378 g/mol. The topological polar surface area (TPSA) is 85.8 Å². The Labute approximate surface area is 154 Å². The first-order valence-electron chi connectivity index (χ1n) is 8.15. The number of carbonyl (C=O) groups is 2. The van der Waals surface area contributed by atoms with E-state index in [9.17, 15) is 19.1 Å². The summed E-state index contributed by atoms with van der Waals surface area (Å²) in [7, 11) is 0. The lowest BCUT2D eigenvalue weighted by atomic mass is 10.1. The molecule has 0 saturated carbocycles. The Balaban J connectivity index is 1.64. The van der Waals surface area contributed by atoms with Gasteiger partial charge in [-0.05, 0) is 6.07 Å². The Bertz CT molecular complexity index is 818. The van der Waals surface area contributed by atoms with E-state index in [4.69, 9.17) is 0 Å². The molecule has 2 aromatic rings. The molecule has 7 nitrogen and oxygen atoms in total. The third kappa shape index (κ3) is 3.83. The maximum Gasteiger partial charge on any atom is 0.273 e. The summed E-state index contributed by atoms with van der Waals surface area (Å²) in [6.45, 7) is 2.88. The average Bonchev–Trinajstić information content (AvgIpc) is 3.09. The molecule has 1 aromatic heterocycles. The highest BCUT2D eigenvalue weighted by atomic mass is 32.1. The third-order valence-corrected chi connectivity index (χ3v) is 4.90. The molecule has 0 bridgehead atoms. The minimum absolute atomic E-state index is 0.206. The van der Waals surface area contributed by atoms with E-state index >= 15 is 0 Å². The van der Waals surface area contributed by atoms with Crippen LogP contribution in [-0.2, 0) is 11.4 Å². The van der Waals surface area contributed by atoms with Gasteiger partial charge < -0.3 is 20.2 Å². The number of hydrogen-bond acceptors (Lipinski definition) is 6. The van der Waals surface area contributed by atoms with E-state index in [1.165, 1.54) is 18.3 Å². The van der Waals surface area contributed by atoms with Crippen molar-refractivity contribution in [1.29, 1.82) is 0 Å². The fourth-order valence-corrected chi connectivity index (χ4v) is 3.56. The highest BCUT2D eigenvalue weighted by Crippen LogP contribution is 2.24. The van der Waals surface area contributed by atoms with Gasteiger partial charge in [-0.1, -0.05) is 12.1 Å². The molecule has 0 atom stereocenters. The Morgan fingerprint density at radius 1 is 1.31 bits per heavy atom. The summed E-state index contributed by atoms with van der Waals surface area (Å²) in [5.41, 5.74) is 0.986. The van der Waals surface area contributed by atoms with Crippen LogP contribution >= 0.6 is 11.3 Å². The van der Waals surface area contributed by atoms with Crippen LogP contribution in [0, 0.1) is 5.82 Å². The highest BCUT2D eigenvalue weighted by Gasteiger charge is 2.25. The number of carbonyl (C=O) groups excluding carboxylic acids is 2. The molecule has 1 aliphatic rings. The minimum atomic E-state index is -0.422. The van der Waals surface area contributed by atoms with E-state index in [0.717, 1.165) is 0 Å². The Morgan fingerprint density at radius 3 is 2.69 bits per heavy atom. The number of piperazine rings is 1. The molecule has 0 spiro atoms. The largest absolute Gasteiger partial charge is 0.392 e. The van der Waals surface area contributed by atoms with Gasteiger partial charge in [0.2, 0.25) is 5.91 Å². The van der Waals surface area contributed by atoms with Crippen molar-refractivity contribution in [1.82, 2.24) is 9.88 Å². The number of nitrogens with one attached hydrogen (secondary N) is 1. The van der Waals surface area contributed by atoms with Crippen molar-refractivity contribution in [3.8, 4) is 0 Å². The molecule has 2 N–H and O–H groups in total. The Morgan fingerprint density at radius 2 is 2.04 bits per heavy atom. The number of aliphatic hydroxyl groups is 1. The van der Waals surface area contributed by atoms with Crippen LogP contribution in [0.2, 0.25) is 0 Å². The van der Waals surface area contributed by atoms with Crippen LogP contribution in [0.5, 0.6) is 0 Å². The van der Waals surface area contributed by atoms with Gasteiger partial charge >= 0.3 is 0 Å². The van der Waals surface area contributed by atoms with Gasteiger partial charge in [-0.3, -0.25) is 9.59 Å². The molecule has 26 heavy (non-hydrogen) atoms. The number of thiazole rings is 1. The predicted molar refractivity (Wildman–Crippen MR) is 96.9 cm³/mol. The summed E-state index contributed by atoms with van der Waals surface area (Å²) in [5, 5.41) is 13.8. The van der Waals surface area contributed by atoms with Crippen LogP contribution < -0.4 is 10.2 Å². The minimum Gasteiger partial charge on any atom is -0.392 e. The second-order valence-corrected chi connectivity index (χ2v) is 6.76. The molecule has 1 aromatic carbocycles. The standard InChI is InChI=1S/C17H19FN4O3S/c1-11(24)19-17-20-13(10-26-17)16(25)22-7-5-21(6-8-22)14-4-2-3-12(9-23)15(14)18/h2-4,10,23H,5-9H2,1H3,(H,19,20,24). The van der Waals surface area contributed by atoms with Crippen LogP contribution in [0.3, 0.4) is 0 Å². The summed E-state index contributed by atoms with van der Waals surface area (Å²) < 4.78 is 14.4. The van der Waals surface area contributed by atoms with Crippen molar-refractivity contribution in [2.75, 3.05) is 36.4 Å². The molecule has 0 unspecified atom stereocenters. The van der Waals surface area contributed by atoms with Crippen LogP contribution in [0.15, 0.2) is 23.6 Å². The number of aromatic nitrogens is 1. The fourth-order valence-electron chi connectivity index (χ4n) is 2.82. The first kappa shape index (κ1) is 18.3. The lowest BCUT2D eigenvalue weighted by molar-refractivity contribution is -0.114. The summed E-state index contributed by atoms with van der Waals surface area (Å²) in [6, 6.07) is 4.93. The number of benzene rings is 1. The first-order valence-corrected chi connectivity index (χ1v) is 9.03. The number of aliphatic hydroxyl groups excluding tert-OH is 1. The zero-order valence-corrected chi connectivity index (χ0v) is 15.1. The molecular weight excluding hydrogens is 359 g/mol. The van der Waals surface area contributed by atoms with Gasteiger partial charge in [0.05, 0.1) is 12.3 Å². The molecule has 2 heterocycles. The maximum absolute atomic E-state index is 14.4. The van der Waals surface area contributed by atoms with E-state index in [1.54, 1.807) is 28.5 Å². The number of halogens is 1. The molecule has 0 aliphatic carbocycles. The van der Waals surface area contributed by atoms with Crippen LogP contribution in [0.1, 0.15) is 23.0 Å². The molecule has 9 heteroatoms. The molecule has 3 rings (SSSR count). The normalized spacial score (nSPS) is 14.4. The van der Waals surface area contributed by atoms with Crippen molar-refractivity contribution in [3.63, 3.8) is 0 Å². The Hall–Kier alpha value is -2.52. The van der Waals surface area contributed by atoms with E-state index in [2.05, 4.69) is 10.3 Å². The molecule has 0 radical (unpaired) electrons. The number of amides is 2. The molecule has 1 saturated heterocycles. The molecule has 138 valence electrons. The van der Waals surface area contributed by atoms with E-state index in [0.29, 0.717) is 42.7 Å². The zero-order chi connectivity index (χ0) is 18.7. The lowest BCUT2D eigenvalue weighted by Crippen LogP contribution is -2.49. The van der Waals surface area contributed by atoms with Crippen molar-refractivity contribution >= 4 is 34.0 Å². The van der Waals surface area contributed by atoms with E-state index in [1.807, 2.05) is 4.90 Å². The molecule has 2 amide bonds. The SMILES string of the molecule is CC(=O)Nc1nc(C(=O)N2CCN(c3cccc(CO)c3F)CC2)cs1. The van der Waals surface area contributed by atoms with E-state index < -0.39 is 5.82 Å². The van der Waals surface area contributed by atoms with E-state index in [-0.39, 0.29) is 24.0 Å². The molecule has 1 aliphatic heterocycles. The van der Waals surface area contributed by atoms with Gasteiger partial charge in [0.15, 0.2) is 10.9 Å². The second kappa shape index (κ2) is 7.79. The zero-order valence-electron chi connectivity index (χ0n) is 14.2. The van der Waals surface area contributed by atoms with Crippen molar-refractivity contribution in [3.05, 3.63) is 40.7 Å². The van der Waals surface area contributed by atoms with Crippen LogP contribution in [0.25, 0.3) is 0 Å². The molecule has 1 fully saturated rings. The summed E-state index contributed by atoms with van der Waals surface area (Å²) in [5.74, 6) is -0.865. The fraction of sp³-hybridized carbons (Fsp3) is 0.353. The van der Waals surface area contributed by atoms with Gasteiger partial charge in [0.25, 0.3) is 5.91 Å². The van der Waals surface area contributed by atoms with Gasteiger partial charge in [0.1, 0.15) is 5.69 Å². The quantitative estimate of drug-likeness (QED) is 0.846. The highest BCUT2D eigenvalue weighted by molar-refractivity contribution is 7.14. The van der Waals surface area contributed by atoms with Gasteiger partial charge in [-0.25, -0.2) is 9.37 Å². The van der Waals surface area contributed by atoms with Crippen molar-refractivity contribution < 1.29 is 19.1 Å². The predicted octanol–water partition coefficient (Wildman–Crippen LogP) is 1.70. The van der Waals surface area contributed by atoms with Crippen LogP contribution in [0.4, 0.5) is 15.2 Å². The third-order valence-electron chi connectivity index (χ3n) is 4.14. The van der Waals surface area contributed by atoms with Gasteiger partial charge in [0, 0.05) is 44.0 Å². The molecular formula is C17H19FN4O3S. The smallest absolute Gasteiger partial charge is 0.273 e. The summed E-state index contributed by atoms with van der Waals surface area (Å²) in [4.78, 5) is 31.2. The number of nitrogens with zero attached hydrogens (tertiary/aromatic N) is 3. The number of hydrogen-bond donors (Lipinski definition) is 2. The Kier molecular flexibility index (Phi) is 5.48. The van der Waals surface area contributed by atoms with Gasteiger partial charge in [-0.2, -0.15) is 0 Å². The summed E-state index contributed by atoms with van der Waals surface area (Å²) >= 11 is 1.20. The average molecular weight is 378 g/mol. The lowest BCUT2D eigenvalue weighted by Gasteiger charge is -2.36. The van der Waals surface area contributed by atoms with Crippen molar-refractivity contribution in [2.45, 2.75) is 13.5 Å². The maximum atomic E-state index is 14.4. The van der Waals surface area contributed by atoms with Crippen LogP contribution in [-0.4, -0.2) is 53.0 Å². The first-order chi connectivity index (χ1) is 12.5.